The number of hydrogen-bond donors (Lipinski definition) is 1. The van der Waals surface area contributed by atoms with E-state index in [1.54, 1.807) is 0 Å². The Balaban J connectivity index is 2.34. The molecule has 2 aliphatic rings. The molecule has 0 aromatic rings. The van der Waals surface area contributed by atoms with Crippen LogP contribution in [0.5, 0.6) is 0 Å². The predicted octanol–water partition coefficient (Wildman–Crippen LogP) is 4.65. The summed E-state index contributed by atoms with van der Waals surface area (Å²) >= 11 is 0. The zero-order valence-electron chi connectivity index (χ0n) is 11.8. The van der Waals surface area contributed by atoms with E-state index < -0.39 is 23.1 Å². The van der Waals surface area contributed by atoms with Gasteiger partial charge in [0, 0.05) is 5.41 Å². The molecular formula is C14H23F3O2. The summed E-state index contributed by atoms with van der Waals surface area (Å²) in [6, 6.07) is 0. The Hall–Kier alpha value is -0.290. The summed E-state index contributed by atoms with van der Waals surface area (Å²) in [5.74, 6) is 0.741. The van der Waals surface area contributed by atoms with Crippen LogP contribution in [0.2, 0.25) is 0 Å². The average Bonchev–Trinajstić information content (AvgIpc) is 2.87. The fourth-order valence-electron chi connectivity index (χ4n) is 4.47. The molecule has 0 aromatic carbocycles. The topological polar surface area (TPSA) is 29.5 Å². The molecule has 19 heavy (non-hydrogen) atoms. The first-order valence-corrected chi connectivity index (χ1v) is 7.06. The zero-order valence-corrected chi connectivity index (χ0v) is 11.8. The van der Waals surface area contributed by atoms with Crippen LogP contribution in [0.1, 0.15) is 52.9 Å². The van der Waals surface area contributed by atoms with Gasteiger partial charge in [-0.2, -0.15) is 13.2 Å². The summed E-state index contributed by atoms with van der Waals surface area (Å²) in [6.07, 6.45) is -1.87. The normalized spacial score (nSPS) is 39.3. The van der Waals surface area contributed by atoms with Crippen molar-refractivity contribution in [3.63, 3.8) is 0 Å². The van der Waals surface area contributed by atoms with Crippen molar-refractivity contribution < 1.29 is 23.3 Å². The Bertz CT molecular complexity index is 344. The maximum absolute atomic E-state index is 13.4. The van der Waals surface area contributed by atoms with Crippen LogP contribution in [0.4, 0.5) is 13.2 Å². The van der Waals surface area contributed by atoms with Crippen molar-refractivity contribution in [1.29, 1.82) is 0 Å². The largest absolute Gasteiger partial charge is 0.396 e. The lowest BCUT2D eigenvalue weighted by Crippen LogP contribution is -2.55. The minimum atomic E-state index is -4.38. The van der Waals surface area contributed by atoms with Gasteiger partial charge in [0.05, 0.1) is 5.41 Å². The van der Waals surface area contributed by atoms with Crippen molar-refractivity contribution in [2.75, 3.05) is 0 Å². The molecular weight excluding hydrogens is 257 g/mol. The van der Waals surface area contributed by atoms with E-state index in [1.807, 2.05) is 6.92 Å². The maximum Gasteiger partial charge on any atom is 0.396 e. The van der Waals surface area contributed by atoms with Crippen LogP contribution in [-0.4, -0.2) is 17.5 Å². The van der Waals surface area contributed by atoms with E-state index >= 15 is 0 Å². The molecule has 5 heteroatoms. The Kier molecular flexibility index (Phi) is 3.67. The van der Waals surface area contributed by atoms with E-state index in [0.29, 0.717) is 5.92 Å². The fourth-order valence-corrected chi connectivity index (χ4v) is 4.47. The van der Waals surface area contributed by atoms with Gasteiger partial charge in [0.2, 0.25) is 0 Å². The van der Waals surface area contributed by atoms with Crippen LogP contribution in [0.3, 0.4) is 0 Å². The van der Waals surface area contributed by atoms with Crippen LogP contribution >= 0.6 is 0 Å². The highest BCUT2D eigenvalue weighted by molar-refractivity contribution is 5.07. The Morgan fingerprint density at radius 2 is 2.00 bits per heavy atom. The van der Waals surface area contributed by atoms with Gasteiger partial charge in [0.15, 0.2) is 0 Å². The van der Waals surface area contributed by atoms with Gasteiger partial charge < -0.3 is 0 Å². The second-order valence-corrected chi connectivity index (χ2v) is 6.84. The highest BCUT2D eigenvalue weighted by atomic mass is 19.4. The molecule has 0 aromatic heterocycles. The number of hydrogen-bond acceptors (Lipinski definition) is 2. The molecule has 2 fully saturated rings. The van der Waals surface area contributed by atoms with Gasteiger partial charge in [-0.15, -0.1) is 0 Å². The summed E-state index contributed by atoms with van der Waals surface area (Å²) in [5, 5.41) is 9.21. The fraction of sp³-hybridized carbons (Fsp3) is 1.00. The van der Waals surface area contributed by atoms with Gasteiger partial charge >= 0.3 is 6.18 Å². The molecule has 2 aliphatic carbocycles. The lowest BCUT2D eigenvalue weighted by molar-refractivity contribution is -0.373. The number of alkyl halides is 3. The molecule has 0 aliphatic heterocycles. The third-order valence-electron chi connectivity index (χ3n) is 5.87. The van der Waals surface area contributed by atoms with Crippen molar-refractivity contribution in [2.45, 2.75) is 65.2 Å². The molecule has 5 unspecified atom stereocenters. The van der Waals surface area contributed by atoms with E-state index in [1.165, 1.54) is 13.8 Å². The molecule has 2 nitrogen and oxygen atoms in total. The lowest BCUT2D eigenvalue weighted by Gasteiger charge is -2.48. The molecule has 0 spiro atoms. The van der Waals surface area contributed by atoms with E-state index in [4.69, 9.17) is 0 Å². The minimum absolute atomic E-state index is 0.0886. The quantitative estimate of drug-likeness (QED) is 0.600. The molecule has 0 saturated heterocycles. The number of fused-ring (bicyclic) bond motifs is 2. The average molecular weight is 280 g/mol. The van der Waals surface area contributed by atoms with Gasteiger partial charge in [0.1, 0.15) is 6.10 Å². The molecule has 112 valence electrons. The Morgan fingerprint density at radius 3 is 2.32 bits per heavy atom. The van der Waals surface area contributed by atoms with Gasteiger partial charge in [-0.25, -0.2) is 4.89 Å². The summed E-state index contributed by atoms with van der Waals surface area (Å²) in [6.45, 7) is 4.54. The van der Waals surface area contributed by atoms with Crippen LogP contribution in [0.25, 0.3) is 0 Å². The van der Waals surface area contributed by atoms with Crippen molar-refractivity contribution in [1.82, 2.24) is 0 Å². The zero-order chi connectivity index (χ0) is 14.5. The second-order valence-electron chi connectivity index (χ2n) is 6.84. The van der Waals surface area contributed by atoms with E-state index in [9.17, 15) is 18.4 Å². The lowest BCUT2D eigenvalue weighted by atomic mass is 9.61. The molecule has 2 bridgehead atoms. The smallest absolute Gasteiger partial charge is 0.251 e. The van der Waals surface area contributed by atoms with Gasteiger partial charge in [0.25, 0.3) is 0 Å². The summed E-state index contributed by atoms with van der Waals surface area (Å²) < 4.78 is 40.2. The van der Waals surface area contributed by atoms with Crippen LogP contribution in [-0.2, 0) is 4.89 Å². The van der Waals surface area contributed by atoms with E-state index in [2.05, 4.69) is 4.89 Å². The molecule has 0 radical (unpaired) electrons. The molecule has 5 atom stereocenters. The number of halogens is 3. The second kappa shape index (κ2) is 4.62. The van der Waals surface area contributed by atoms with Crippen molar-refractivity contribution in [3.8, 4) is 0 Å². The van der Waals surface area contributed by atoms with E-state index in [0.717, 1.165) is 25.7 Å². The Labute approximate surface area is 112 Å². The SMILES string of the molecule is CCC(C)(C(OO)C1(C)CC2CCC1C2)C(F)(F)F. The molecule has 0 amide bonds. The van der Waals surface area contributed by atoms with Gasteiger partial charge in [-0.1, -0.05) is 20.3 Å². The number of rotatable bonds is 4. The van der Waals surface area contributed by atoms with Crippen molar-refractivity contribution in [3.05, 3.63) is 0 Å². The third kappa shape index (κ3) is 2.09. The van der Waals surface area contributed by atoms with Crippen LogP contribution in [0.15, 0.2) is 0 Å². The predicted molar refractivity (Wildman–Crippen MR) is 65.5 cm³/mol. The highest BCUT2D eigenvalue weighted by Crippen LogP contribution is 2.62. The molecule has 1 N–H and O–H groups in total. The third-order valence-corrected chi connectivity index (χ3v) is 5.87. The first-order valence-electron chi connectivity index (χ1n) is 7.06. The molecule has 2 rings (SSSR count). The maximum atomic E-state index is 13.4. The minimum Gasteiger partial charge on any atom is -0.251 e. The van der Waals surface area contributed by atoms with Crippen LogP contribution < -0.4 is 0 Å². The molecule has 2 saturated carbocycles. The van der Waals surface area contributed by atoms with Crippen molar-refractivity contribution in [2.24, 2.45) is 22.7 Å². The first-order chi connectivity index (χ1) is 8.69. The molecule has 0 heterocycles. The highest BCUT2D eigenvalue weighted by Gasteiger charge is 2.64. The standard InChI is InChI=1S/C14H23F3O2/c1-4-13(3,14(15,16)17)11(19-18)12(2)8-9-5-6-10(12)7-9/h9-11,18H,4-8H2,1-3H3. The van der Waals surface area contributed by atoms with E-state index in [-0.39, 0.29) is 12.3 Å². The van der Waals surface area contributed by atoms with Gasteiger partial charge in [-0.3, -0.25) is 5.26 Å². The Morgan fingerprint density at radius 1 is 1.37 bits per heavy atom. The summed E-state index contributed by atoms with van der Waals surface area (Å²) in [5.41, 5.74) is -2.57. The summed E-state index contributed by atoms with van der Waals surface area (Å²) in [7, 11) is 0. The summed E-state index contributed by atoms with van der Waals surface area (Å²) in [4.78, 5) is 4.45. The first kappa shape index (κ1) is 15.1. The van der Waals surface area contributed by atoms with Crippen LogP contribution in [0, 0.1) is 22.7 Å². The van der Waals surface area contributed by atoms with Crippen molar-refractivity contribution >= 4 is 0 Å². The monoisotopic (exact) mass is 280 g/mol. The van der Waals surface area contributed by atoms with Gasteiger partial charge in [-0.05, 0) is 44.4 Å².